The van der Waals surface area contributed by atoms with Crippen molar-refractivity contribution in [3.05, 3.63) is 48.0 Å². The fourth-order valence-corrected chi connectivity index (χ4v) is 2.72. The third-order valence-electron chi connectivity index (χ3n) is 4.13. The highest BCUT2D eigenvalue weighted by Gasteiger charge is 2.45. The molecule has 0 unspecified atom stereocenters. The van der Waals surface area contributed by atoms with Gasteiger partial charge in [0, 0.05) is 19.1 Å². The van der Waals surface area contributed by atoms with E-state index < -0.39 is 37.3 Å². The van der Waals surface area contributed by atoms with Gasteiger partial charge in [0.1, 0.15) is 24.4 Å². The lowest BCUT2D eigenvalue weighted by Gasteiger charge is -2.41. The van der Waals surface area contributed by atoms with E-state index in [9.17, 15) is 15.3 Å². The number of methoxy groups -OCH3 is 1. The highest BCUT2D eigenvalue weighted by Crippen LogP contribution is 2.25. The molecule has 1 heterocycles. The van der Waals surface area contributed by atoms with Crippen LogP contribution in [-0.2, 0) is 20.8 Å². The average molecular weight is 362 g/mol. The molecule has 2 rings (SSSR count). The van der Waals surface area contributed by atoms with E-state index in [0.29, 0.717) is 0 Å². The molecule has 0 amide bonds. The van der Waals surface area contributed by atoms with Gasteiger partial charge in [-0.05, 0) is 24.1 Å². The number of allylic oxidation sites excluding steroid dienone is 1. The molecule has 6 nitrogen and oxygen atoms in total. The predicted octanol–water partition coefficient (Wildman–Crippen LogP) is 0.975. The molecule has 1 aliphatic heterocycles. The van der Waals surface area contributed by atoms with Crippen molar-refractivity contribution in [2.45, 2.75) is 50.2 Å². The standard InChI is InChI=1S/C20H26O6/c1-3-4-5-6-8-14-9-7-10-15(11-14)13-25-19-17(22)16(12-21)26-20(24-2)18(19)23/h3,7,9-11,16-23H,1,4-5,12-13H2,2H3/t16-,17+,18-,19+,20-/m1/s1. The van der Waals surface area contributed by atoms with Gasteiger partial charge in [-0.1, -0.05) is 30.0 Å². The number of unbranched alkanes of at least 4 members (excludes halogenated alkanes) is 1. The van der Waals surface area contributed by atoms with Crippen molar-refractivity contribution >= 4 is 0 Å². The molecule has 0 aromatic heterocycles. The number of aliphatic hydroxyl groups excluding tert-OH is 3. The van der Waals surface area contributed by atoms with Crippen LogP contribution in [0.3, 0.4) is 0 Å². The summed E-state index contributed by atoms with van der Waals surface area (Å²) in [5.74, 6) is 6.16. The van der Waals surface area contributed by atoms with Crippen molar-refractivity contribution in [3.63, 3.8) is 0 Å². The van der Waals surface area contributed by atoms with Crippen molar-refractivity contribution < 1.29 is 29.5 Å². The Hall–Kier alpha value is -1.72. The summed E-state index contributed by atoms with van der Waals surface area (Å²) in [6, 6.07) is 7.56. The van der Waals surface area contributed by atoms with Gasteiger partial charge in [0.05, 0.1) is 13.2 Å². The highest BCUT2D eigenvalue weighted by atomic mass is 16.7. The molecule has 1 fully saturated rings. The monoisotopic (exact) mass is 362 g/mol. The molecular weight excluding hydrogens is 336 g/mol. The second-order valence-corrected chi connectivity index (χ2v) is 6.05. The normalized spacial score (nSPS) is 28.2. The summed E-state index contributed by atoms with van der Waals surface area (Å²) in [5.41, 5.74) is 1.73. The number of hydrogen-bond donors (Lipinski definition) is 3. The Morgan fingerprint density at radius 3 is 2.81 bits per heavy atom. The van der Waals surface area contributed by atoms with Crippen LogP contribution in [0.2, 0.25) is 0 Å². The van der Waals surface area contributed by atoms with Gasteiger partial charge in [-0.2, -0.15) is 0 Å². The zero-order valence-electron chi connectivity index (χ0n) is 14.9. The third-order valence-corrected chi connectivity index (χ3v) is 4.13. The average Bonchev–Trinajstić information content (AvgIpc) is 2.66. The Balaban J connectivity index is 2.01. The van der Waals surface area contributed by atoms with Crippen molar-refractivity contribution in [2.24, 2.45) is 0 Å². The quantitative estimate of drug-likeness (QED) is 0.381. The summed E-state index contributed by atoms with van der Waals surface area (Å²) in [7, 11) is 1.38. The molecule has 1 aromatic rings. The van der Waals surface area contributed by atoms with E-state index in [1.54, 1.807) is 0 Å². The SMILES string of the molecule is C=CCCC#Cc1cccc(CO[C@H]2[C@@H](O)[C@@H](CO)O[C@@H](OC)[C@@H]2O)c1. The largest absolute Gasteiger partial charge is 0.394 e. The molecule has 26 heavy (non-hydrogen) atoms. The van der Waals surface area contributed by atoms with Crippen molar-refractivity contribution in [1.29, 1.82) is 0 Å². The predicted molar refractivity (Wildman–Crippen MR) is 96.1 cm³/mol. The lowest BCUT2D eigenvalue weighted by Crippen LogP contribution is -2.59. The molecule has 1 saturated heterocycles. The Kier molecular flexibility index (Phi) is 8.26. The highest BCUT2D eigenvalue weighted by molar-refractivity contribution is 5.37. The zero-order chi connectivity index (χ0) is 18.9. The fraction of sp³-hybridized carbons (Fsp3) is 0.500. The Morgan fingerprint density at radius 1 is 1.31 bits per heavy atom. The van der Waals surface area contributed by atoms with Crippen LogP contribution in [-0.4, -0.2) is 59.7 Å². The van der Waals surface area contributed by atoms with Crippen LogP contribution in [0.1, 0.15) is 24.0 Å². The molecule has 6 heteroatoms. The smallest absolute Gasteiger partial charge is 0.186 e. The third kappa shape index (κ3) is 5.39. The van der Waals surface area contributed by atoms with Crippen LogP contribution >= 0.6 is 0 Å². The molecule has 142 valence electrons. The number of aliphatic hydroxyl groups is 3. The Bertz CT molecular complexity index is 619. The Morgan fingerprint density at radius 2 is 2.12 bits per heavy atom. The molecular formula is C20H26O6. The first-order valence-electron chi connectivity index (χ1n) is 8.56. The van der Waals surface area contributed by atoms with Gasteiger partial charge in [0.2, 0.25) is 0 Å². The molecule has 0 bridgehead atoms. The summed E-state index contributed by atoms with van der Waals surface area (Å²) in [6.07, 6.45) is -1.68. The second kappa shape index (κ2) is 10.4. The summed E-state index contributed by atoms with van der Waals surface area (Å²) in [5, 5.41) is 29.8. The minimum atomic E-state index is -1.17. The van der Waals surface area contributed by atoms with Gasteiger partial charge < -0.3 is 29.5 Å². The zero-order valence-corrected chi connectivity index (χ0v) is 14.9. The van der Waals surface area contributed by atoms with Crippen LogP contribution in [0.4, 0.5) is 0 Å². The van der Waals surface area contributed by atoms with Crippen molar-refractivity contribution in [2.75, 3.05) is 13.7 Å². The van der Waals surface area contributed by atoms with E-state index in [1.807, 2.05) is 30.3 Å². The van der Waals surface area contributed by atoms with Crippen molar-refractivity contribution in [3.8, 4) is 11.8 Å². The molecule has 0 radical (unpaired) electrons. The van der Waals surface area contributed by atoms with Crippen molar-refractivity contribution in [1.82, 2.24) is 0 Å². The van der Waals surface area contributed by atoms with Gasteiger partial charge in [-0.3, -0.25) is 0 Å². The molecule has 0 aliphatic carbocycles. The molecule has 5 atom stereocenters. The number of rotatable bonds is 7. The lowest BCUT2D eigenvalue weighted by atomic mass is 9.99. The fourth-order valence-electron chi connectivity index (χ4n) is 2.72. The Labute approximate surface area is 154 Å². The van der Waals surface area contributed by atoms with Gasteiger partial charge in [-0.15, -0.1) is 6.58 Å². The minimum Gasteiger partial charge on any atom is -0.394 e. The van der Waals surface area contributed by atoms with Gasteiger partial charge in [-0.25, -0.2) is 0 Å². The van der Waals surface area contributed by atoms with E-state index in [2.05, 4.69) is 18.4 Å². The second-order valence-electron chi connectivity index (χ2n) is 6.05. The summed E-state index contributed by atoms with van der Waals surface area (Å²) < 4.78 is 16.1. The molecule has 1 aromatic carbocycles. The number of benzene rings is 1. The topological polar surface area (TPSA) is 88.4 Å². The van der Waals surface area contributed by atoms with Crippen LogP contribution in [0.5, 0.6) is 0 Å². The maximum atomic E-state index is 10.3. The maximum Gasteiger partial charge on any atom is 0.186 e. The van der Waals surface area contributed by atoms with E-state index >= 15 is 0 Å². The first kappa shape index (κ1) is 20.6. The number of hydrogen-bond acceptors (Lipinski definition) is 6. The van der Waals surface area contributed by atoms with Gasteiger partial charge in [0.15, 0.2) is 6.29 Å². The summed E-state index contributed by atoms with van der Waals surface area (Å²) in [6.45, 7) is 3.44. The minimum absolute atomic E-state index is 0.176. The molecule has 1 aliphatic rings. The van der Waals surface area contributed by atoms with E-state index in [1.165, 1.54) is 7.11 Å². The maximum absolute atomic E-state index is 10.3. The van der Waals surface area contributed by atoms with E-state index in [4.69, 9.17) is 14.2 Å². The molecule has 3 N–H and O–H groups in total. The van der Waals surface area contributed by atoms with E-state index in [-0.39, 0.29) is 6.61 Å². The van der Waals surface area contributed by atoms with Crippen LogP contribution in [0, 0.1) is 11.8 Å². The van der Waals surface area contributed by atoms with Crippen LogP contribution < -0.4 is 0 Å². The first-order valence-corrected chi connectivity index (χ1v) is 8.56. The summed E-state index contributed by atoms with van der Waals surface area (Å²) >= 11 is 0. The lowest BCUT2D eigenvalue weighted by molar-refractivity contribution is -0.303. The van der Waals surface area contributed by atoms with Gasteiger partial charge >= 0.3 is 0 Å². The van der Waals surface area contributed by atoms with E-state index in [0.717, 1.165) is 24.0 Å². The number of ether oxygens (including phenoxy) is 3. The van der Waals surface area contributed by atoms with Gasteiger partial charge in [0.25, 0.3) is 0 Å². The first-order chi connectivity index (χ1) is 12.6. The molecule has 0 spiro atoms. The molecule has 0 saturated carbocycles. The summed E-state index contributed by atoms with van der Waals surface area (Å²) in [4.78, 5) is 0. The van der Waals surface area contributed by atoms with Crippen LogP contribution in [0.15, 0.2) is 36.9 Å². The van der Waals surface area contributed by atoms with Crippen LogP contribution in [0.25, 0.3) is 0 Å².